The average molecular weight is 440 g/mol. The lowest BCUT2D eigenvalue weighted by Gasteiger charge is -2.34. The predicted octanol–water partition coefficient (Wildman–Crippen LogP) is 4.60. The fraction of sp³-hybridized carbons (Fsp3) is 0.217. The lowest BCUT2D eigenvalue weighted by Crippen LogP contribution is -2.45. The molecule has 2 aliphatic heterocycles. The van der Waals surface area contributed by atoms with Crippen LogP contribution in [-0.4, -0.2) is 24.6 Å². The second-order valence-electron chi connectivity index (χ2n) is 7.22. The summed E-state index contributed by atoms with van der Waals surface area (Å²) in [5.74, 6) is 1.42. The molecule has 1 unspecified atom stereocenters. The van der Waals surface area contributed by atoms with E-state index >= 15 is 0 Å². The first-order valence-electron chi connectivity index (χ1n) is 9.83. The number of hydrogen-bond donors (Lipinski definition) is 0. The van der Waals surface area contributed by atoms with Crippen LogP contribution in [0.25, 0.3) is 0 Å². The average Bonchev–Trinajstić information content (AvgIpc) is 3.46. The van der Waals surface area contributed by atoms with Gasteiger partial charge in [-0.1, -0.05) is 18.5 Å². The molecule has 31 heavy (non-hydrogen) atoms. The van der Waals surface area contributed by atoms with Gasteiger partial charge in [-0.3, -0.25) is 9.59 Å². The Kier molecular flexibility index (Phi) is 4.82. The van der Waals surface area contributed by atoms with Gasteiger partial charge < -0.3 is 23.5 Å². The van der Waals surface area contributed by atoms with E-state index in [2.05, 4.69) is 0 Å². The number of hydrogen-bond acceptors (Lipinski definition) is 6. The van der Waals surface area contributed by atoms with Crippen LogP contribution < -0.4 is 19.1 Å². The molecular weight excluding hydrogens is 422 g/mol. The number of carbonyl (C=O) groups excluding carboxylic acids is 2. The fourth-order valence-electron chi connectivity index (χ4n) is 3.69. The molecule has 5 rings (SSSR count). The molecule has 8 heteroatoms. The van der Waals surface area contributed by atoms with Crippen molar-refractivity contribution in [2.45, 2.75) is 26.0 Å². The zero-order chi connectivity index (χ0) is 21.5. The maximum atomic E-state index is 13.2. The molecule has 0 spiro atoms. The van der Waals surface area contributed by atoms with Gasteiger partial charge in [0, 0.05) is 16.7 Å². The highest BCUT2D eigenvalue weighted by molar-refractivity contribution is 6.31. The van der Waals surface area contributed by atoms with E-state index < -0.39 is 6.10 Å². The second kappa shape index (κ2) is 7.67. The van der Waals surface area contributed by atoms with Gasteiger partial charge in [0.05, 0.1) is 18.5 Å². The summed E-state index contributed by atoms with van der Waals surface area (Å²) in [5, 5.41) is 0.459. The zero-order valence-electron chi connectivity index (χ0n) is 16.6. The lowest BCUT2D eigenvalue weighted by molar-refractivity contribution is -0.126. The maximum absolute atomic E-state index is 13.2. The van der Waals surface area contributed by atoms with Crippen LogP contribution in [0.5, 0.6) is 17.2 Å². The molecule has 0 fully saturated rings. The molecule has 0 radical (unpaired) electrons. The van der Waals surface area contributed by atoms with Crippen LogP contribution in [0, 0.1) is 0 Å². The van der Waals surface area contributed by atoms with Gasteiger partial charge in [-0.05, 0) is 48.4 Å². The number of rotatable bonds is 5. The molecule has 0 saturated carbocycles. The lowest BCUT2D eigenvalue weighted by atomic mass is 10.0. The predicted molar refractivity (Wildman–Crippen MR) is 112 cm³/mol. The number of ketones is 1. The van der Waals surface area contributed by atoms with Gasteiger partial charge in [0.15, 0.2) is 23.4 Å². The van der Waals surface area contributed by atoms with E-state index in [9.17, 15) is 9.59 Å². The third-order valence-electron chi connectivity index (χ3n) is 5.31. The second-order valence-corrected chi connectivity index (χ2v) is 7.63. The highest BCUT2D eigenvalue weighted by atomic mass is 35.5. The third-order valence-corrected chi connectivity index (χ3v) is 5.66. The monoisotopic (exact) mass is 439 g/mol. The Labute approximate surface area is 183 Å². The summed E-state index contributed by atoms with van der Waals surface area (Å²) in [7, 11) is 0. The first kappa shape index (κ1) is 19.5. The minimum Gasteiger partial charge on any atom is -0.478 e. The SMILES string of the molecule is CCC1Oc2ccc(C(=O)c3ccco3)cc2N(Cc2cc3c(cc2Cl)OCO3)C1=O. The largest absolute Gasteiger partial charge is 0.478 e. The van der Waals surface area contributed by atoms with Crippen LogP contribution in [-0.2, 0) is 11.3 Å². The van der Waals surface area contributed by atoms with Crippen molar-refractivity contribution in [3.05, 3.63) is 70.6 Å². The highest BCUT2D eigenvalue weighted by Gasteiger charge is 2.34. The molecule has 0 N–H and O–H groups in total. The summed E-state index contributed by atoms with van der Waals surface area (Å²) >= 11 is 6.45. The van der Waals surface area contributed by atoms with Crippen molar-refractivity contribution in [2.24, 2.45) is 0 Å². The van der Waals surface area contributed by atoms with Crippen LogP contribution in [0.2, 0.25) is 5.02 Å². The Morgan fingerprint density at radius 3 is 2.68 bits per heavy atom. The van der Waals surface area contributed by atoms with Crippen molar-refractivity contribution < 1.29 is 28.2 Å². The van der Waals surface area contributed by atoms with Crippen LogP contribution >= 0.6 is 11.6 Å². The Balaban J connectivity index is 1.55. The van der Waals surface area contributed by atoms with E-state index in [4.69, 9.17) is 30.2 Å². The minimum absolute atomic E-state index is 0.130. The van der Waals surface area contributed by atoms with Gasteiger partial charge in [-0.25, -0.2) is 0 Å². The van der Waals surface area contributed by atoms with Gasteiger partial charge in [0.25, 0.3) is 5.91 Å². The van der Waals surface area contributed by atoms with Gasteiger partial charge >= 0.3 is 0 Å². The Bertz CT molecular complexity index is 1170. The molecule has 0 saturated heterocycles. The first-order valence-corrected chi connectivity index (χ1v) is 10.2. The quantitative estimate of drug-likeness (QED) is 0.541. The smallest absolute Gasteiger partial charge is 0.268 e. The molecule has 2 aliphatic rings. The first-order chi connectivity index (χ1) is 15.0. The summed E-state index contributed by atoms with van der Waals surface area (Å²) < 4.78 is 21.9. The summed E-state index contributed by atoms with van der Waals surface area (Å²) in [6.45, 7) is 2.21. The van der Waals surface area contributed by atoms with Gasteiger partial charge in [0.1, 0.15) is 5.75 Å². The topological polar surface area (TPSA) is 78.2 Å². The van der Waals surface area contributed by atoms with Gasteiger partial charge in [0.2, 0.25) is 12.6 Å². The number of fused-ring (bicyclic) bond motifs is 2. The van der Waals surface area contributed by atoms with Crippen molar-refractivity contribution in [3.63, 3.8) is 0 Å². The number of furan rings is 1. The Hall–Kier alpha value is -3.45. The van der Waals surface area contributed by atoms with Crippen molar-refractivity contribution >= 4 is 29.0 Å². The van der Waals surface area contributed by atoms with Crippen molar-refractivity contribution in [1.29, 1.82) is 0 Å². The van der Waals surface area contributed by atoms with Crippen LogP contribution in [0.15, 0.2) is 53.1 Å². The number of benzene rings is 2. The minimum atomic E-state index is -0.619. The zero-order valence-corrected chi connectivity index (χ0v) is 17.3. The van der Waals surface area contributed by atoms with Crippen LogP contribution in [0.4, 0.5) is 5.69 Å². The molecule has 3 aromatic rings. The third kappa shape index (κ3) is 3.41. The van der Waals surface area contributed by atoms with Gasteiger partial charge in [-0.2, -0.15) is 0 Å². The van der Waals surface area contributed by atoms with E-state index in [-0.39, 0.29) is 30.8 Å². The number of ether oxygens (including phenoxy) is 3. The summed E-state index contributed by atoms with van der Waals surface area (Å²) in [4.78, 5) is 27.5. The fourth-order valence-corrected chi connectivity index (χ4v) is 3.90. The van der Waals surface area contributed by atoms with E-state index in [1.807, 2.05) is 6.92 Å². The molecule has 7 nitrogen and oxygen atoms in total. The van der Waals surface area contributed by atoms with Crippen molar-refractivity contribution in [2.75, 3.05) is 11.7 Å². The molecule has 1 amide bonds. The summed E-state index contributed by atoms with van der Waals surface area (Å²) in [6.07, 6.45) is 1.33. The van der Waals surface area contributed by atoms with Crippen molar-refractivity contribution in [3.8, 4) is 17.2 Å². The van der Waals surface area contributed by atoms with Crippen LogP contribution in [0.1, 0.15) is 35.0 Å². The highest BCUT2D eigenvalue weighted by Crippen LogP contribution is 2.40. The summed E-state index contributed by atoms with van der Waals surface area (Å²) in [6, 6.07) is 11.7. The normalized spacial score (nSPS) is 16.8. The Morgan fingerprint density at radius 1 is 1.13 bits per heavy atom. The maximum Gasteiger partial charge on any atom is 0.268 e. The van der Waals surface area contributed by atoms with E-state index in [0.29, 0.717) is 45.5 Å². The van der Waals surface area contributed by atoms with E-state index in [1.165, 1.54) is 6.26 Å². The van der Waals surface area contributed by atoms with Crippen molar-refractivity contribution in [1.82, 2.24) is 0 Å². The Morgan fingerprint density at radius 2 is 1.94 bits per heavy atom. The molecule has 2 aromatic carbocycles. The molecular formula is C23H18ClNO6. The van der Waals surface area contributed by atoms with Gasteiger partial charge in [-0.15, -0.1) is 0 Å². The molecule has 0 aliphatic carbocycles. The van der Waals surface area contributed by atoms with E-state index in [1.54, 1.807) is 47.4 Å². The van der Waals surface area contributed by atoms with Crippen LogP contribution in [0.3, 0.4) is 0 Å². The summed E-state index contributed by atoms with van der Waals surface area (Å²) in [5.41, 5.74) is 1.59. The number of nitrogens with zero attached hydrogens (tertiary/aromatic N) is 1. The number of halogens is 1. The standard InChI is InChI=1S/C23H18ClNO6/c1-2-17-23(27)25(11-14-9-20-21(10-15(14)24)30-12-29-20)16-8-13(5-6-18(16)31-17)22(26)19-4-3-7-28-19/h3-10,17H,2,11-12H2,1H3. The molecule has 0 bridgehead atoms. The molecule has 158 valence electrons. The number of carbonyl (C=O) groups is 2. The van der Waals surface area contributed by atoms with E-state index in [0.717, 1.165) is 0 Å². The molecule has 3 heterocycles. The molecule has 1 atom stereocenters. The molecule has 1 aromatic heterocycles. The number of anilines is 1. The number of amides is 1.